The molecule has 1 amide bonds. The zero-order chi connectivity index (χ0) is 19.9. The second-order valence-electron chi connectivity index (χ2n) is 5.78. The topological polar surface area (TPSA) is 78.5 Å². The Bertz CT molecular complexity index is 878. The fourth-order valence-corrected chi connectivity index (χ4v) is 4.23. The summed E-state index contributed by atoms with van der Waals surface area (Å²) in [6.07, 6.45) is 0.226. The Labute approximate surface area is 165 Å². The van der Waals surface area contributed by atoms with E-state index < -0.39 is 10.0 Å². The molecule has 0 heterocycles. The van der Waals surface area contributed by atoms with Crippen molar-refractivity contribution in [3.63, 3.8) is 0 Å². The lowest BCUT2D eigenvalue weighted by Crippen LogP contribution is -2.35. The second-order valence-corrected chi connectivity index (χ2v) is 8.12. The van der Waals surface area contributed by atoms with Gasteiger partial charge in [0.25, 0.3) is 0 Å². The van der Waals surface area contributed by atoms with E-state index in [-0.39, 0.29) is 22.3 Å². The molecule has 0 aliphatic rings. The average molecular weight is 406 g/mol. The minimum atomic E-state index is -3.50. The number of nitrogens with one attached hydrogen (secondary N) is 2. The Morgan fingerprint density at radius 1 is 1.00 bits per heavy atom. The summed E-state index contributed by atoms with van der Waals surface area (Å²) in [7, 11) is -3.50. The van der Waals surface area contributed by atoms with Gasteiger partial charge in [-0.25, -0.2) is 8.42 Å². The van der Waals surface area contributed by atoms with E-state index in [1.54, 1.807) is 26.0 Å². The summed E-state index contributed by atoms with van der Waals surface area (Å²) < 4.78 is 26.3. The molecule has 0 saturated heterocycles. The first-order chi connectivity index (χ1) is 12.9. The molecule has 144 valence electrons. The Balaban J connectivity index is 1.96. The van der Waals surface area contributed by atoms with Crippen molar-refractivity contribution in [2.24, 2.45) is 0 Å². The van der Waals surface area contributed by atoms with E-state index in [1.807, 2.05) is 30.3 Å². The van der Waals surface area contributed by atoms with Crippen LogP contribution in [0.25, 0.3) is 0 Å². The van der Waals surface area contributed by atoms with Crippen LogP contribution in [-0.4, -0.2) is 36.8 Å². The highest BCUT2D eigenvalue weighted by atomic mass is 32.2. The van der Waals surface area contributed by atoms with Crippen molar-refractivity contribution in [3.05, 3.63) is 60.2 Å². The van der Waals surface area contributed by atoms with Crippen molar-refractivity contribution in [3.8, 4) is 0 Å². The number of carbonyl (C=O) groups is 1. The van der Waals surface area contributed by atoms with Crippen LogP contribution in [0.3, 0.4) is 0 Å². The highest BCUT2D eigenvalue weighted by Gasteiger charge is 2.21. The fraction of sp³-hybridized carbons (Fsp3) is 0.263. The smallest absolute Gasteiger partial charge is 0.243 e. The number of benzene rings is 2. The summed E-state index contributed by atoms with van der Waals surface area (Å²) in [6.45, 7) is 4.42. The Kier molecular flexibility index (Phi) is 7.46. The van der Waals surface area contributed by atoms with Crippen molar-refractivity contribution < 1.29 is 13.2 Å². The second kappa shape index (κ2) is 9.59. The molecule has 27 heavy (non-hydrogen) atoms. The molecule has 2 N–H and O–H groups in total. The zero-order valence-corrected chi connectivity index (χ0v) is 16.9. The number of rotatable bonds is 7. The van der Waals surface area contributed by atoms with Gasteiger partial charge in [-0.1, -0.05) is 44.2 Å². The molecule has 0 radical (unpaired) electrons. The lowest BCUT2D eigenvalue weighted by atomic mass is 10.1. The lowest BCUT2D eigenvalue weighted by Gasteiger charge is -2.18. The minimum Gasteiger partial charge on any atom is -0.332 e. The molecular weight excluding hydrogens is 382 g/mol. The first kappa shape index (κ1) is 21.0. The van der Waals surface area contributed by atoms with Crippen LogP contribution in [0.5, 0.6) is 0 Å². The third kappa shape index (κ3) is 5.85. The summed E-state index contributed by atoms with van der Waals surface area (Å²) in [6, 6.07) is 15.6. The largest absolute Gasteiger partial charge is 0.332 e. The SMILES string of the molecule is CCN(CC)S(=O)(=O)c1ccc(NC(=S)NC(=O)Cc2ccccc2)cc1. The molecular formula is C19H23N3O3S2. The van der Waals surface area contributed by atoms with Gasteiger partial charge in [-0.3, -0.25) is 4.79 Å². The third-order valence-corrected chi connectivity index (χ3v) is 6.18. The van der Waals surface area contributed by atoms with Crippen LogP contribution < -0.4 is 10.6 Å². The van der Waals surface area contributed by atoms with Gasteiger partial charge < -0.3 is 10.6 Å². The van der Waals surface area contributed by atoms with Crippen molar-refractivity contribution in [1.82, 2.24) is 9.62 Å². The summed E-state index contributed by atoms with van der Waals surface area (Å²) in [5.41, 5.74) is 1.49. The molecule has 2 aromatic rings. The van der Waals surface area contributed by atoms with Gasteiger partial charge in [0.2, 0.25) is 15.9 Å². The summed E-state index contributed by atoms with van der Waals surface area (Å²) in [5.74, 6) is -0.223. The van der Waals surface area contributed by atoms with Gasteiger partial charge in [-0.2, -0.15) is 4.31 Å². The molecule has 0 unspecified atom stereocenters. The number of nitrogens with zero attached hydrogens (tertiary/aromatic N) is 1. The quantitative estimate of drug-likeness (QED) is 0.693. The van der Waals surface area contributed by atoms with E-state index >= 15 is 0 Å². The van der Waals surface area contributed by atoms with E-state index in [0.717, 1.165) is 5.56 Å². The molecule has 0 aliphatic heterocycles. The zero-order valence-electron chi connectivity index (χ0n) is 15.3. The number of thiocarbonyl (C=S) groups is 1. The van der Waals surface area contributed by atoms with Gasteiger partial charge in [-0.15, -0.1) is 0 Å². The van der Waals surface area contributed by atoms with Crippen molar-refractivity contribution >= 4 is 38.9 Å². The van der Waals surface area contributed by atoms with Crippen molar-refractivity contribution in [2.45, 2.75) is 25.2 Å². The maximum Gasteiger partial charge on any atom is 0.243 e. The van der Waals surface area contributed by atoms with Crippen LogP contribution in [0, 0.1) is 0 Å². The Morgan fingerprint density at radius 3 is 2.15 bits per heavy atom. The highest BCUT2D eigenvalue weighted by Crippen LogP contribution is 2.18. The number of carbonyl (C=O) groups excluding carboxylic acids is 1. The van der Waals surface area contributed by atoms with Gasteiger partial charge in [0.05, 0.1) is 11.3 Å². The molecule has 0 fully saturated rings. The molecule has 2 rings (SSSR count). The van der Waals surface area contributed by atoms with E-state index in [0.29, 0.717) is 18.8 Å². The van der Waals surface area contributed by atoms with Crippen LogP contribution in [0.4, 0.5) is 5.69 Å². The normalized spacial score (nSPS) is 11.2. The van der Waals surface area contributed by atoms with E-state index in [9.17, 15) is 13.2 Å². The number of hydrogen-bond acceptors (Lipinski definition) is 4. The van der Waals surface area contributed by atoms with Crippen molar-refractivity contribution in [2.75, 3.05) is 18.4 Å². The number of hydrogen-bond donors (Lipinski definition) is 2. The first-order valence-electron chi connectivity index (χ1n) is 8.61. The molecule has 0 atom stereocenters. The molecule has 8 heteroatoms. The van der Waals surface area contributed by atoms with Gasteiger partial charge >= 0.3 is 0 Å². The van der Waals surface area contributed by atoms with Crippen LogP contribution in [0.1, 0.15) is 19.4 Å². The molecule has 0 saturated carbocycles. The standard InChI is InChI=1S/C19H23N3O3S2/c1-3-22(4-2)27(24,25)17-12-10-16(11-13-17)20-19(26)21-18(23)14-15-8-6-5-7-9-15/h5-13H,3-4,14H2,1-2H3,(H2,20,21,23,26). The van der Waals surface area contributed by atoms with E-state index in [4.69, 9.17) is 12.2 Å². The molecule has 6 nitrogen and oxygen atoms in total. The van der Waals surface area contributed by atoms with Crippen LogP contribution in [0.2, 0.25) is 0 Å². The third-order valence-electron chi connectivity index (χ3n) is 3.92. The Hall–Kier alpha value is -2.29. The molecule has 0 bridgehead atoms. The maximum atomic E-state index is 12.5. The first-order valence-corrected chi connectivity index (χ1v) is 10.5. The predicted octanol–water partition coefficient (Wildman–Crippen LogP) is 2.77. The summed E-state index contributed by atoms with van der Waals surface area (Å²) in [5, 5.41) is 5.66. The number of sulfonamides is 1. The summed E-state index contributed by atoms with van der Waals surface area (Å²) >= 11 is 5.14. The molecule has 0 spiro atoms. The number of anilines is 1. The lowest BCUT2D eigenvalue weighted by molar-refractivity contribution is -0.119. The van der Waals surface area contributed by atoms with Crippen LogP contribution in [0.15, 0.2) is 59.5 Å². The molecule has 0 aromatic heterocycles. The Morgan fingerprint density at radius 2 is 1.59 bits per heavy atom. The summed E-state index contributed by atoms with van der Waals surface area (Å²) in [4.78, 5) is 12.2. The van der Waals surface area contributed by atoms with Crippen LogP contribution >= 0.6 is 12.2 Å². The monoisotopic (exact) mass is 405 g/mol. The molecule has 2 aromatic carbocycles. The average Bonchev–Trinajstić information content (AvgIpc) is 2.63. The highest BCUT2D eigenvalue weighted by molar-refractivity contribution is 7.89. The van der Waals surface area contributed by atoms with Gasteiger partial charge in [0.1, 0.15) is 0 Å². The van der Waals surface area contributed by atoms with E-state index in [1.165, 1.54) is 16.4 Å². The van der Waals surface area contributed by atoms with E-state index in [2.05, 4.69) is 10.6 Å². The van der Waals surface area contributed by atoms with Gasteiger partial charge in [-0.05, 0) is 42.0 Å². The molecule has 0 aliphatic carbocycles. The maximum absolute atomic E-state index is 12.5. The van der Waals surface area contributed by atoms with Gasteiger partial charge in [0.15, 0.2) is 5.11 Å². The minimum absolute atomic E-state index is 0.162. The van der Waals surface area contributed by atoms with Crippen molar-refractivity contribution in [1.29, 1.82) is 0 Å². The van der Waals surface area contributed by atoms with Gasteiger partial charge in [0, 0.05) is 18.8 Å². The predicted molar refractivity (Wildman–Crippen MR) is 111 cm³/mol. The fourth-order valence-electron chi connectivity index (χ4n) is 2.54. The van der Waals surface area contributed by atoms with Crippen LogP contribution in [-0.2, 0) is 21.2 Å². The number of amides is 1.